The lowest BCUT2D eigenvalue weighted by atomic mass is 9.97. The van der Waals surface area contributed by atoms with Gasteiger partial charge in [-0.25, -0.2) is 0 Å². The van der Waals surface area contributed by atoms with E-state index in [-0.39, 0.29) is 0 Å². The molecule has 1 fully saturated rings. The van der Waals surface area contributed by atoms with Crippen molar-refractivity contribution in [3.8, 4) is 5.75 Å². The molecule has 1 aromatic rings. The summed E-state index contributed by atoms with van der Waals surface area (Å²) in [5.41, 5.74) is 2.89. The van der Waals surface area contributed by atoms with Crippen LogP contribution in [0.15, 0.2) is 18.2 Å². The van der Waals surface area contributed by atoms with Gasteiger partial charge in [0.1, 0.15) is 5.75 Å². The van der Waals surface area contributed by atoms with Crippen LogP contribution in [0.4, 0.5) is 0 Å². The topological polar surface area (TPSA) is 24.5 Å². The molecular formula is C18H28N2O. The predicted molar refractivity (Wildman–Crippen MR) is 86.8 cm³/mol. The first-order valence-corrected chi connectivity index (χ1v) is 8.42. The maximum Gasteiger partial charge on any atom is 0.119 e. The SMILES string of the molecule is CC(C)N1CCC(COc2ccc3c(c2)CCNC3)CC1. The monoisotopic (exact) mass is 288 g/mol. The van der Waals surface area contributed by atoms with Crippen molar-refractivity contribution >= 4 is 0 Å². The van der Waals surface area contributed by atoms with Gasteiger partial charge in [0.15, 0.2) is 0 Å². The molecule has 1 N–H and O–H groups in total. The van der Waals surface area contributed by atoms with Crippen LogP contribution in [0.3, 0.4) is 0 Å². The first-order valence-electron chi connectivity index (χ1n) is 8.42. The largest absolute Gasteiger partial charge is 0.493 e. The van der Waals surface area contributed by atoms with E-state index >= 15 is 0 Å². The van der Waals surface area contributed by atoms with Gasteiger partial charge in [-0.2, -0.15) is 0 Å². The molecule has 3 rings (SSSR count). The Morgan fingerprint density at radius 3 is 2.81 bits per heavy atom. The Balaban J connectivity index is 1.49. The van der Waals surface area contributed by atoms with Crippen LogP contribution in [0.2, 0.25) is 0 Å². The smallest absolute Gasteiger partial charge is 0.119 e. The van der Waals surface area contributed by atoms with Crippen molar-refractivity contribution in [1.82, 2.24) is 10.2 Å². The van der Waals surface area contributed by atoms with E-state index in [0.717, 1.165) is 37.8 Å². The highest BCUT2D eigenvalue weighted by Gasteiger charge is 2.21. The lowest BCUT2D eigenvalue weighted by Crippen LogP contribution is -2.39. The van der Waals surface area contributed by atoms with E-state index in [0.29, 0.717) is 6.04 Å². The molecule has 0 radical (unpaired) electrons. The van der Waals surface area contributed by atoms with Crippen LogP contribution >= 0.6 is 0 Å². The van der Waals surface area contributed by atoms with E-state index in [4.69, 9.17) is 4.74 Å². The standard InChI is InChI=1S/C18H28N2O/c1-14(2)20-9-6-15(7-10-20)13-21-18-4-3-17-12-19-8-5-16(17)11-18/h3-4,11,14-15,19H,5-10,12-13H2,1-2H3. The number of rotatable bonds is 4. The van der Waals surface area contributed by atoms with Crippen LogP contribution in [0.25, 0.3) is 0 Å². The Kier molecular flexibility index (Phi) is 4.81. The Labute approximate surface area is 128 Å². The Morgan fingerprint density at radius 1 is 1.24 bits per heavy atom. The van der Waals surface area contributed by atoms with E-state index in [1.54, 1.807) is 0 Å². The number of ether oxygens (including phenoxy) is 1. The van der Waals surface area contributed by atoms with Crippen molar-refractivity contribution < 1.29 is 4.74 Å². The summed E-state index contributed by atoms with van der Waals surface area (Å²) in [4.78, 5) is 2.57. The second kappa shape index (κ2) is 6.80. The predicted octanol–water partition coefficient (Wildman–Crippen LogP) is 2.83. The number of benzene rings is 1. The molecule has 116 valence electrons. The number of piperidine rings is 1. The molecule has 0 bridgehead atoms. The molecule has 0 saturated carbocycles. The minimum Gasteiger partial charge on any atom is -0.493 e. The summed E-state index contributed by atoms with van der Waals surface area (Å²) in [7, 11) is 0. The van der Waals surface area contributed by atoms with Crippen molar-refractivity contribution in [2.45, 2.75) is 45.7 Å². The van der Waals surface area contributed by atoms with Gasteiger partial charge in [0.2, 0.25) is 0 Å². The highest BCUT2D eigenvalue weighted by molar-refractivity contribution is 5.37. The second-order valence-corrected chi connectivity index (χ2v) is 6.74. The summed E-state index contributed by atoms with van der Waals surface area (Å²) in [6, 6.07) is 7.29. The number of nitrogens with one attached hydrogen (secondary N) is 1. The molecule has 0 atom stereocenters. The Morgan fingerprint density at radius 2 is 2.05 bits per heavy atom. The Bertz CT molecular complexity index is 464. The molecule has 2 aliphatic rings. The number of hydrogen-bond donors (Lipinski definition) is 1. The maximum atomic E-state index is 6.07. The summed E-state index contributed by atoms with van der Waals surface area (Å²) in [6.45, 7) is 10.00. The summed E-state index contributed by atoms with van der Waals surface area (Å²) >= 11 is 0. The molecule has 3 heteroatoms. The highest BCUT2D eigenvalue weighted by atomic mass is 16.5. The van der Waals surface area contributed by atoms with Crippen LogP contribution < -0.4 is 10.1 Å². The van der Waals surface area contributed by atoms with Crippen LogP contribution in [0, 0.1) is 5.92 Å². The summed E-state index contributed by atoms with van der Waals surface area (Å²) in [6.07, 6.45) is 3.67. The van der Waals surface area contributed by atoms with Gasteiger partial charge in [-0.05, 0) is 81.9 Å². The number of nitrogens with zero attached hydrogens (tertiary/aromatic N) is 1. The van der Waals surface area contributed by atoms with Gasteiger partial charge in [-0.3, -0.25) is 0 Å². The normalized spacial score (nSPS) is 20.5. The van der Waals surface area contributed by atoms with Gasteiger partial charge < -0.3 is 15.0 Å². The highest BCUT2D eigenvalue weighted by Crippen LogP contribution is 2.23. The Hall–Kier alpha value is -1.06. The molecule has 2 heterocycles. The first-order chi connectivity index (χ1) is 10.2. The zero-order chi connectivity index (χ0) is 14.7. The van der Waals surface area contributed by atoms with Gasteiger partial charge in [-0.1, -0.05) is 6.07 Å². The fourth-order valence-corrected chi connectivity index (χ4v) is 3.39. The van der Waals surface area contributed by atoms with E-state index in [1.165, 1.54) is 37.1 Å². The first kappa shape index (κ1) is 14.9. The van der Waals surface area contributed by atoms with Crippen molar-refractivity contribution in [3.05, 3.63) is 29.3 Å². The fraction of sp³-hybridized carbons (Fsp3) is 0.667. The van der Waals surface area contributed by atoms with Gasteiger partial charge >= 0.3 is 0 Å². The van der Waals surface area contributed by atoms with E-state index < -0.39 is 0 Å². The van der Waals surface area contributed by atoms with Gasteiger partial charge in [0, 0.05) is 12.6 Å². The van der Waals surface area contributed by atoms with E-state index in [2.05, 4.69) is 42.3 Å². The average molecular weight is 288 g/mol. The molecule has 1 aromatic carbocycles. The van der Waals surface area contributed by atoms with Crippen molar-refractivity contribution in [1.29, 1.82) is 0 Å². The average Bonchev–Trinajstić information content (AvgIpc) is 2.53. The van der Waals surface area contributed by atoms with Crippen molar-refractivity contribution in [3.63, 3.8) is 0 Å². The fourth-order valence-electron chi connectivity index (χ4n) is 3.39. The van der Waals surface area contributed by atoms with E-state index in [1.807, 2.05) is 0 Å². The zero-order valence-corrected chi connectivity index (χ0v) is 13.4. The molecular weight excluding hydrogens is 260 g/mol. The maximum absolute atomic E-state index is 6.07. The molecule has 0 spiro atoms. The number of likely N-dealkylation sites (tertiary alicyclic amines) is 1. The van der Waals surface area contributed by atoms with Crippen LogP contribution in [-0.2, 0) is 13.0 Å². The number of fused-ring (bicyclic) bond motifs is 1. The third kappa shape index (κ3) is 3.78. The zero-order valence-electron chi connectivity index (χ0n) is 13.4. The minimum absolute atomic E-state index is 0.682. The van der Waals surface area contributed by atoms with Crippen LogP contribution in [0.1, 0.15) is 37.8 Å². The quantitative estimate of drug-likeness (QED) is 0.922. The second-order valence-electron chi connectivity index (χ2n) is 6.74. The van der Waals surface area contributed by atoms with Gasteiger partial charge in [0.05, 0.1) is 6.61 Å². The molecule has 1 saturated heterocycles. The lowest BCUT2D eigenvalue weighted by Gasteiger charge is -2.34. The van der Waals surface area contributed by atoms with Gasteiger partial charge in [0.25, 0.3) is 0 Å². The third-order valence-corrected chi connectivity index (χ3v) is 4.93. The van der Waals surface area contributed by atoms with Gasteiger partial charge in [-0.15, -0.1) is 0 Å². The van der Waals surface area contributed by atoms with Crippen LogP contribution in [0.5, 0.6) is 5.75 Å². The molecule has 2 aliphatic heterocycles. The molecule has 0 aliphatic carbocycles. The molecule has 0 amide bonds. The summed E-state index contributed by atoms with van der Waals surface area (Å²) in [5.74, 6) is 1.78. The summed E-state index contributed by atoms with van der Waals surface area (Å²) in [5, 5.41) is 3.41. The lowest BCUT2D eigenvalue weighted by molar-refractivity contribution is 0.119. The van der Waals surface area contributed by atoms with Crippen LogP contribution in [-0.4, -0.2) is 37.2 Å². The number of hydrogen-bond acceptors (Lipinski definition) is 3. The molecule has 21 heavy (non-hydrogen) atoms. The molecule has 0 unspecified atom stereocenters. The van der Waals surface area contributed by atoms with Crippen molar-refractivity contribution in [2.24, 2.45) is 5.92 Å². The summed E-state index contributed by atoms with van der Waals surface area (Å²) < 4.78 is 6.07. The van der Waals surface area contributed by atoms with Crippen molar-refractivity contribution in [2.75, 3.05) is 26.2 Å². The third-order valence-electron chi connectivity index (χ3n) is 4.93. The van der Waals surface area contributed by atoms with E-state index in [9.17, 15) is 0 Å². The molecule has 3 nitrogen and oxygen atoms in total. The molecule has 0 aromatic heterocycles. The minimum atomic E-state index is 0.682.